The molecular weight excluding hydrogens is 156 g/mol. The van der Waals surface area contributed by atoms with Gasteiger partial charge in [0, 0.05) is 0 Å². The van der Waals surface area contributed by atoms with Gasteiger partial charge < -0.3 is 9.47 Å². The lowest BCUT2D eigenvalue weighted by atomic mass is 10.1. The summed E-state index contributed by atoms with van der Waals surface area (Å²) >= 11 is 0. The van der Waals surface area contributed by atoms with Gasteiger partial charge in [-0.25, -0.2) is 4.79 Å². The lowest BCUT2D eigenvalue weighted by molar-refractivity contribution is 0.140. The van der Waals surface area contributed by atoms with E-state index in [0.29, 0.717) is 6.61 Å². The minimum Gasteiger partial charge on any atom is -0.453 e. The Kier molecular flexibility index (Phi) is 3.68. The van der Waals surface area contributed by atoms with Crippen LogP contribution in [0.1, 0.15) is 32.6 Å². The number of hydrogen-bond donors (Lipinski definition) is 0. The van der Waals surface area contributed by atoms with Crippen molar-refractivity contribution in [1.82, 2.24) is 0 Å². The van der Waals surface area contributed by atoms with Crippen LogP contribution in [0.3, 0.4) is 0 Å². The van der Waals surface area contributed by atoms with E-state index in [4.69, 9.17) is 9.47 Å². The molecule has 0 aromatic heterocycles. The van der Waals surface area contributed by atoms with Gasteiger partial charge in [0.15, 0.2) is 0 Å². The van der Waals surface area contributed by atoms with E-state index in [1.807, 2.05) is 0 Å². The van der Waals surface area contributed by atoms with Crippen molar-refractivity contribution >= 4 is 5.94 Å². The van der Waals surface area contributed by atoms with E-state index in [-0.39, 0.29) is 12.0 Å². The Morgan fingerprint density at radius 2 is 2.42 bits per heavy atom. The first-order chi connectivity index (χ1) is 5.86. The van der Waals surface area contributed by atoms with Gasteiger partial charge in [0.25, 0.3) is 0 Å². The van der Waals surface area contributed by atoms with Crippen molar-refractivity contribution < 1.29 is 14.3 Å². The van der Waals surface area contributed by atoms with Crippen LogP contribution in [0.25, 0.3) is 0 Å². The summed E-state index contributed by atoms with van der Waals surface area (Å²) in [5, 5.41) is 0. The molecule has 0 N–H and O–H groups in total. The van der Waals surface area contributed by atoms with Crippen LogP contribution < -0.4 is 0 Å². The molecule has 3 nitrogen and oxygen atoms in total. The van der Waals surface area contributed by atoms with Crippen LogP contribution in [0.2, 0.25) is 0 Å². The largest absolute Gasteiger partial charge is 0.453 e. The molecule has 3 heteroatoms. The molecule has 1 aliphatic rings. The highest BCUT2D eigenvalue weighted by molar-refractivity contribution is 5.47. The zero-order valence-electron chi connectivity index (χ0n) is 7.34. The van der Waals surface area contributed by atoms with Gasteiger partial charge in [-0.05, 0) is 12.8 Å². The Balaban J connectivity index is 2.15. The van der Waals surface area contributed by atoms with E-state index < -0.39 is 0 Å². The first kappa shape index (κ1) is 9.14. The monoisotopic (exact) mass is 170 g/mol. The maximum Gasteiger partial charge on any atom is 0.370 e. The second kappa shape index (κ2) is 4.83. The summed E-state index contributed by atoms with van der Waals surface area (Å²) in [7, 11) is 0. The third-order valence-corrected chi connectivity index (χ3v) is 1.89. The smallest absolute Gasteiger partial charge is 0.370 e. The molecule has 1 aliphatic heterocycles. The number of hydrogen-bond acceptors (Lipinski definition) is 3. The quantitative estimate of drug-likeness (QED) is 0.475. The number of ether oxygens (including phenoxy) is 2. The predicted molar refractivity (Wildman–Crippen MR) is 44.2 cm³/mol. The van der Waals surface area contributed by atoms with Crippen LogP contribution in [-0.4, -0.2) is 18.7 Å². The molecule has 1 heterocycles. The fourth-order valence-corrected chi connectivity index (χ4v) is 1.21. The Labute approximate surface area is 72.4 Å². The number of rotatable bonds is 4. The Bertz CT molecular complexity index is 182. The lowest BCUT2D eigenvalue weighted by Crippen LogP contribution is -2.08. The highest BCUT2D eigenvalue weighted by atomic mass is 16.7. The molecule has 1 fully saturated rings. The number of unbranched alkanes of at least 4 members (excludes halogenated alkanes) is 2. The molecule has 0 bridgehead atoms. The topological polar surface area (TPSA) is 35.5 Å². The van der Waals surface area contributed by atoms with Gasteiger partial charge >= 0.3 is 5.95 Å². The number of carbonyl (C=O) groups excluding carboxylic acids is 1. The van der Waals surface area contributed by atoms with E-state index in [1.165, 1.54) is 12.8 Å². The first-order valence-corrected chi connectivity index (χ1v) is 4.41. The van der Waals surface area contributed by atoms with Crippen LogP contribution in [0.4, 0.5) is 0 Å². The lowest BCUT2D eigenvalue weighted by Gasteiger charge is -2.04. The normalized spacial score (nSPS) is 21.4. The van der Waals surface area contributed by atoms with Gasteiger partial charge in [-0.1, -0.05) is 19.8 Å². The van der Waals surface area contributed by atoms with Gasteiger partial charge in [0.05, 0.1) is 0 Å². The summed E-state index contributed by atoms with van der Waals surface area (Å²) < 4.78 is 10.0. The second-order valence-corrected chi connectivity index (χ2v) is 2.94. The van der Waals surface area contributed by atoms with Gasteiger partial charge in [0.2, 0.25) is 5.94 Å². The Hall–Kier alpha value is -0.950. The standard InChI is InChI=1S/C9H14O3/c1-2-3-4-5-8-7-11-9(6-10)12-8/h8H,2-5,7H2,1H3. The molecule has 0 amide bonds. The van der Waals surface area contributed by atoms with Crippen LogP contribution in [0.5, 0.6) is 0 Å². The van der Waals surface area contributed by atoms with E-state index in [2.05, 4.69) is 6.92 Å². The predicted octanol–water partition coefficient (Wildman–Crippen LogP) is 1.66. The Morgan fingerprint density at radius 3 is 3.00 bits per heavy atom. The molecule has 1 saturated heterocycles. The third kappa shape index (κ3) is 2.59. The SMILES string of the molecule is CCCCCC1COC(=C=O)O1. The van der Waals surface area contributed by atoms with Crippen molar-refractivity contribution in [2.45, 2.75) is 38.7 Å². The van der Waals surface area contributed by atoms with Crippen LogP contribution >= 0.6 is 0 Å². The van der Waals surface area contributed by atoms with E-state index in [1.54, 1.807) is 5.94 Å². The zero-order valence-corrected chi connectivity index (χ0v) is 7.34. The van der Waals surface area contributed by atoms with Crippen molar-refractivity contribution in [1.29, 1.82) is 0 Å². The van der Waals surface area contributed by atoms with E-state index in [9.17, 15) is 4.79 Å². The first-order valence-electron chi connectivity index (χ1n) is 4.41. The molecule has 0 aromatic carbocycles. The molecule has 12 heavy (non-hydrogen) atoms. The minimum absolute atomic E-state index is 0.0245. The molecule has 1 unspecified atom stereocenters. The van der Waals surface area contributed by atoms with Crippen molar-refractivity contribution in [2.75, 3.05) is 6.61 Å². The van der Waals surface area contributed by atoms with E-state index >= 15 is 0 Å². The second-order valence-electron chi connectivity index (χ2n) is 2.94. The summed E-state index contributed by atoms with van der Waals surface area (Å²) in [6.45, 7) is 2.66. The van der Waals surface area contributed by atoms with Crippen molar-refractivity contribution in [2.24, 2.45) is 0 Å². The van der Waals surface area contributed by atoms with Crippen LogP contribution in [0.15, 0.2) is 5.95 Å². The fourth-order valence-electron chi connectivity index (χ4n) is 1.21. The molecule has 0 spiro atoms. The Morgan fingerprint density at radius 1 is 1.58 bits per heavy atom. The van der Waals surface area contributed by atoms with Crippen LogP contribution in [-0.2, 0) is 14.3 Å². The van der Waals surface area contributed by atoms with Crippen LogP contribution in [0, 0.1) is 0 Å². The highest BCUT2D eigenvalue weighted by Gasteiger charge is 2.21. The minimum atomic E-state index is 0.0245. The molecule has 0 aliphatic carbocycles. The van der Waals surface area contributed by atoms with Crippen molar-refractivity contribution in [3.63, 3.8) is 0 Å². The molecule has 1 rings (SSSR count). The molecule has 0 saturated carbocycles. The zero-order chi connectivity index (χ0) is 8.81. The molecular formula is C9H14O3. The summed E-state index contributed by atoms with van der Waals surface area (Å²) in [6, 6.07) is 0. The van der Waals surface area contributed by atoms with Crippen molar-refractivity contribution in [3.05, 3.63) is 5.95 Å². The molecule has 1 atom stereocenters. The van der Waals surface area contributed by atoms with Gasteiger partial charge in [-0.3, -0.25) is 0 Å². The van der Waals surface area contributed by atoms with Gasteiger partial charge in [-0.15, -0.1) is 0 Å². The van der Waals surface area contributed by atoms with Gasteiger partial charge in [0.1, 0.15) is 12.7 Å². The third-order valence-electron chi connectivity index (χ3n) is 1.89. The van der Waals surface area contributed by atoms with Crippen molar-refractivity contribution in [3.8, 4) is 0 Å². The van der Waals surface area contributed by atoms with E-state index in [0.717, 1.165) is 12.8 Å². The fraction of sp³-hybridized carbons (Fsp3) is 0.778. The molecule has 68 valence electrons. The molecule has 0 radical (unpaired) electrons. The van der Waals surface area contributed by atoms with Gasteiger partial charge in [-0.2, -0.15) is 0 Å². The maximum atomic E-state index is 10.1. The average molecular weight is 170 g/mol. The maximum absolute atomic E-state index is 10.1. The average Bonchev–Trinajstić information content (AvgIpc) is 2.53. The summed E-state index contributed by atoms with van der Waals surface area (Å²) in [6.07, 6.45) is 4.59. The summed E-state index contributed by atoms with van der Waals surface area (Å²) in [5.41, 5.74) is 0. The molecule has 0 aromatic rings. The summed E-state index contributed by atoms with van der Waals surface area (Å²) in [4.78, 5) is 10.1. The summed E-state index contributed by atoms with van der Waals surface area (Å²) in [5.74, 6) is 1.63. The highest BCUT2D eigenvalue weighted by Crippen LogP contribution is 2.17.